The summed E-state index contributed by atoms with van der Waals surface area (Å²) in [6.07, 6.45) is 9.90. The lowest BCUT2D eigenvalue weighted by atomic mass is 10.1. The van der Waals surface area contributed by atoms with Gasteiger partial charge in [0.1, 0.15) is 0 Å². The first-order valence-corrected chi connectivity index (χ1v) is 7.68. The molecule has 0 aliphatic rings. The smallest absolute Gasteiger partial charge is 0.271 e. The molecule has 6 nitrogen and oxygen atoms in total. The van der Waals surface area contributed by atoms with Crippen LogP contribution in [0.3, 0.4) is 0 Å². The van der Waals surface area contributed by atoms with Crippen molar-refractivity contribution in [3.63, 3.8) is 0 Å². The Morgan fingerprint density at radius 3 is 2.68 bits per heavy atom. The lowest BCUT2D eigenvalue weighted by Crippen LogP contribution is -2.17. The van der Waals surface area contributed by atoms with Gasteiger partial charge in [-0.2, -0.15) is 5.10 Å². The van der Waals surface area contributed by atoms with E-state index in [-0.39, 0.29) is 11.8 Å². The third-order valence-corrected chi connectivity index (χ3v) is 3.63. The summed E-state index contributed by atoms with van der Waals surface area (Å²) in [5.41, 5.74) is 4.68. The Kier molecular flexibility index (Phi) is 4.80. The third kappa shape index (κ3) is 3.69. The van der Waals surface area contributed by atoms with Crippen LogP contribution >= 0.6 is 0 Å². The van der Waals surface area contributed by atoms with Crippen LogP contribution in [0.4, 0.5) is 0 Å². The number of rotatable bonds is 4. The van der Waals surface area contributed by atoms with Gasteiger partial charge in [-0.3, -0.25) is 19.1 Å². The predicted molar refractivity (Wildman–Crippen MR) is 97.5 cm³/mol. The second-order valence-corrected chi connectivity index (χ2v) is 5.30. The summed E-state index contributed by atoms with van der Waals surface area (Å²) in [5, 5.41) is 4.85. The number of fused-ring (bicyclic) bond motifs is 1. The molecule has 124 valence electrons. The molecule has 0 atom stereocenters. The average Bonchev–Trinajstić information content (AvgIpc) is 3.01. The molecular weight excluding hydrogens is 316 g/mol. The summed E-state index contributed by atoms with van der Waals surface area (Å²) in [4.78, 5) is 27.4. The number of hydrazone groups is 1. The summed E-state index contributed by atoms with van der Waals surface area (Å²) in [7, 11) is 0. The molecule has 1 amide bonds. The number of aromatic nitrogens is 2. The number of hydrogen-bond acceptors (Lipinski definition) is 4. The van der Waals surface area contributed by atoms with Gasteiger partial charge in [-0.1, -0.05) is 24.3 Å². The van der Waals surface area contributed by atoms with Crippen LogP contribution in [0.2, 0.25) is 0 Å². The Bertz CT molecular complexity index is 972. The summed E-state index contributed by atoms with van der Waals surface area (Å²) in [5.74, 6) is -0.352. The molecule has 0 unspecified atom stereocenters. The predicted octanol–water partition coefficient (Wildman–Crippen LogP) is 3.13. The molecule has 0 fully saturated rings. The van der Waals surface area contributed by atoms with Crippen molar-refractivity contribution in [1.29, 1.82) is 0 Å². The highest BCUT2D eigenvalue weighted by atomic mass is 16.2. The zero-order valence-electron chi connectivity index (χ0n) is 13.6. The van der Waals surface area contributed by atoms with Gasteiger partial charge in [0, 0.05) is 48.2 Å². The Balaban J connectivity index is 1.71. The number of para-hydroxylation sites is 1. The molecule has 0 bridgehead atoms. The summed E-state index contributed by atoms with van der Waals surface area (Å²) in [6.45, 7) is 1.52. The van der Waals surface area contributed by atoms with E-state index in [9.17, 15) is 9.59 Å². The van der Waals surface area contributed by atoms with Crippen LogP contribution in [0.1, 0.15) is 27.6 Å². The van der Waals surface area contributed by atoms with Crippen molar-refractivity contribution in [2.75, 3.05) is 0 Å². The van der Waals surface area contributed by atoms with Crippen molar-refractivity contribution >= 4 is 35.0 Å². The molecule has 2 aromatic heterocycles. The van der Waals surface area contributed by atoms with E-state index in [4.69, 9.17) is 0 Å². The maximum Gasteiger partial charge on any atom is 0.271 e. The number of carbonyl (C=O) groups is 2. The molecule has 2 heterocycles. The van der Waals surface area contributed by atoms with Crippen molar-refractivity contribution in [3.05, 3.63) is 72.2 Å². The second-order valence-electron chi connectivity index (χ2n) is 5.30. The van der Waals surface area contributed by atoms with E-state index in [2.05, 4.69) is 15.5 Å². The Morgan fingerprint density at radius 1 is 1.16 bits per heavy atom. The van der Waals surface area contributed by atoms with Crippen LogP contribution in [0.15, 0.2) is 66.2 Å². The first-order chi connectivity index (χ1) is 12.2. The Hall–Kier alpha value is -3.54. The molecule has 6 heteroatoms. The third-order valence-electron chi connectivity index (χ3n) is 3.63. The lowest BCUT2D eigenvalue weighted by Gasteiger charge is -1.97. The van der Waals surface area contributed by atoms with Crippen LogP contribution in [-0.2, 0) is 0 Å². The molecule has 0 aliphatic heterocycles. The molecule has 1 N–H and O–H groups in total. The Labute approximate surface area is 144 Å². The number of benzene rings is 1. The number of nitrogens with one attached hydrogen (secondary N) is 1. The van der Waals surface area contributed by atoms with Crippen LogP contribution in [0.25, 0.3) is 17.0 Å². The molecule has 3 rings (SSSR count). The van der Waals surface area contributed by atoms with Crippen LogP contribution < -0.4 is 5.43 Å². The number of amides is 1. The van der Waals surface area contributed by atoms with E-state index in [1.165, 1.54) is 13.1 Å². The molecule has 0 aliphatic carbocycles. The van der Waals surface area contributed by atoms with Gasteiger partial charge in [0.25, 0.3) is 5.91 Å². The van der Waals surface area contributed by atoms with Crippen LogP contribution in [0, 0.1) is 0 Å². The van der Waals surface area contributed by atoms with Gasteiger partial charge in [-0.25, -0.2) is 5.43 Å². The van der Waals surface area contributed by atoms with Crippen molar-refractivity contribution in [2.45, 2.75) is 6.92 Å². The molecule has 0 spiro atoms. The minimum atomic E-state index is -0.305. The number of pyridine rings is 1. The van der Waals surface area contributed by atoms with Crippen molar-refractivity contribution in [1.82, 2.24) is 15.0 Å². The van der Waals surface area contributed by atoms with E-state index in [0.29, 0.717) is 5.56 Å². The largest absolute Gasteiger partial charge is 0.287 e. The molecule has 0 saturated heterocycles. The summed E-state index contributed by atoms with van der Waals surface area (Å²) < 4.78 is 1.61. The molecule has 3 aromatic rings. The summed E-state index contributed by atoms with van der Waals surface area (Å²) in [6, 6.07) is 10.9. The summed E-state index contributed by atoms with van der Waals surface area (Å²) >= 11 is 0. The molecular formula is C19H16N4O2. The Morgan fingerprint density at radius 2 is 1.92 bits per heavy atom. The average molecular weight is 332 g/mol. The second kappa shape index (κ2) is 7.35. The van der Waals surface area contributed by atoms with Crippen LogP contribution in [0.5, 0.6) is 0 Å². The van der Waals surface area contributed by atoms with Crippen molar-refractivity contribution in [2.24, 2.45) is 5.10 Å². The zero-order chi connectivity index (χ0) is 17.6. The fraction of sp³-hybridized carbons (Fsp3) is 0.0526. The fourth-order valence-corrected chi connectivity index (χ4v) is 2.45. The lowest BCUT2D eigenvalue weighted by molar-refractivity contribution is 0.0937. The number of nitrogens with zero attached hydrogens (tertiary/aromatic N) is 3. The van der Waals surface area contributed by atoms with E-state index < -0.39 is 0 Å². The van der Waals surface area contributed by atoms with E-state index >= 15 is 0 Å². The van der Waals surface area contributed by atoms with E-state index in [1.807, 2.05) is 30.3 Å². The van der Waals surface area contributed by atoms with Gasteiger partial charge in [0.2, 0.25) is 5.91 Å². The number of allylic oxidation sites excluding steroid dienone is 1. The number of carbonyl (C=O) groups excluding carboxylic acids is 2. The normalized spacial score (nSPS) is 11.4. The van der Waals surface area contributed by atoms with Gasteiger partial charge < -0.3 is 0 Å². The molecule has 1 aromatic carbocycles. The monoisotopic (exact) mass is 332 g/mol. The minimum Gasteiger partial charge on any atom is -0.287 e. The number of hydrogen-bond donors (Lipinski definition) is 1. The SMILES string of the molecule is CC(=O)n1cc(/C=C/C=NNC(=O)c2ccncc2)c2ccccc21. The van der Waals surface area contributed by atoms with Gasteiger partial charge >= 0.3 is 0 Å². The topological polar surface area (TPSA) is 76.3 Å². The maximum atomic E-state index is 11.8. The van der Waals surface area contributed by atoms with E-state index in [1.54, 1.807) is 41.4 Å². The highest BCUT2D eigenvalue weighted by molar-refractivity contribution is 5.98. The molecule has 0 radical (unpaired) electrons. The van der Waals surface area contributed by atoms with Gasteiger partial charge in [-0.15, -0.1) is 0 Å². The first-order valence-electron chi connectivity index (χ1n) is 7.68. The van der Waals surface area contributed by atoms with Crippen molar-refractivity contribution < 1.29 is 9.59 Å². The standard InChI is InChI=1S/C19H16N4O2/c1-14(24)23-13-16(17-6-2-3-7-18(17)23)5-4-10-21-22-19(25)15-8-11-20-12-9-15/h2-13H,1H3,(H,22,25)/b5-4+,21-10?. The van der Waals surface area contributed by atoms with E-state index in [0.717, 1.165) is 16.5 Å². The highest BCUT2D eigenvalue weighted by Crippen LogP contribution is 2.22. The van der Waals surface area contributed by atoms with Gasteiger partial charge in [0.15, 0.2) is 0 Å². The first kappa shape index (κ1) is 16.3. The van der Waals surface area contributed by atoms with Crippen LogP contribution in [-0.4, -0.2) is 27.6 Å². The molecule has 25 heavy (non-hydrogen) atoms. The quantitative estimate of drug-likeness (QED) is 0.589. The van der Waals surface area contributed by atoms with Gasteiger partial charge in [0.05, 0.1) is 5.52 Å². The maximum absolute atomic E-state index is 11.8. The highest BCUT2D eigenvalue weighted by Gasteiger charge is 2.08. The van der Waals surface area contributed by atoms with Gasteiger partial charge in [-0.05, 0) is 24.3 Å². The molecule has 0 saturated carbocycles. The fourth-order valence-electron chi connectivity index (χ4n) is 2.45. The zero-order valence-corrected chi connectivity index (χ0v) is 13.6. The van der Waals surface area contributed by atoms with Crippen molar-refractivity contribution in [3.8, 4) is 0 Å². The minimum absolute atomic E-state index is 0.0471.